The Kier molecular flexibility index (Phi) is 9.02. The molecule has 3 N–H and O–H groups in total. The van der Waals surface area contributed by atoms with E-state index in [1.807, 2.05) is 24.3 Å². The summed E-state index contributed by atoms with van der Waals surface area (Å²) in [4.78, 5) is 17.6. The second kappa shape index (κ2) is 12.7. The maximum Gasteiger partial charge on any atom is 0.264 e. The average molecular weight is 593 g/mol. The second-order valence-electron chi connectivity index (χ2n) is 10.9. The van der Waals surface area contributed by atoms with E-state index in [1.165, 1.54) is 48.6 Å². The number of allylic oxidation sites excluding steroid dienone is 1. The summed E-state index contributed by atoms with van der Waals surface area (Å²) in [5.41, 5.74) is 12.6. The van der Waals surface area contributed by atoms with Crippen LogP contribution in [-0.4, -0.2) is 51.9 Å². The highest BCUT2D eigenvalue weighted by Gasteiger charge is 2.22. The minimum atomic E-state index is -4.00. The normalized spacial score (nSPS) is 16.9. The van der Waals surface area contributed by atoms with Crippen molar-refractivity contribution in [2.24, 2.45) is 0 Å². The lowest BCUT2D eigenvalue weighted by atomic mass is 9.95. The van der Waals surface area contributed by atoms with Crippen LogP contribution in [0, 0.1) is 6.92 Å². The fourth-order valence-electron chi connectivity index (χ4n) is 5.63. The monoisotopic (exact) mass is 592 g/mol. The molecule has 41 heavy (non-hydrogen) atoms. The van der Waals surface area contributed by atoms with Crippen LogP contribution in [0.2, 0.25) is 5.02 Å². The molecule has 0 radical (unpaired) electrons. The van der Waals surface area contributed by atoms with Crippen molar-refractivity contribution in [2.75, 3.05) is 43.4 Å². The van der Waals surface area contributed by atoms with Gasteiger partial charge in [-0.25, -0.2) is 13.1 Å². The molecule has 1 fully saturated rings. The summed E-state index contributed by atoms with van der Waals surface area (Å²) in [5.74, 6) is -0.663. The van der Waals surface area contributed by atoms with Gasteiger partial charge in [0, 0.05) is 54.7 Å². The number of sulfonamides is 1. The molecule has 0 spiro atoms. The first-order valence-corrected chi connectivity index (χ1v) is 16.0. The van der Waals surface area contributed by atoms with Crippen LogP contribution in [0.5, 0.6) is 0 Å². The van der Waals surface area contributed by atoms with E-state index in [4.69, 9.17) is 17.3 Å². The molecule has 0 bridgehead atoms. The van der Waals surface area contributed by atoms with Crippen molar-refractivity contribution >= 4 is 44.5 Å². The molecule has 3 aromatic rings. The molecule has 3 aromatic carbocycles. The largest absolute Gasteiger partial charge is 0.399 e. The zero-order chi connectivity index (χ0) is 29.0. The van der Waals surface area contributed by atoms with E-state index in [-0.39, 0.29) is 10.5 Å². The number of nitrogens with one attached hydrogen (secondary N) is 1. The Labute approximate surface area is 248 Å². The van der Waals surface area contributed by atoms with Crippen molar-refractivity contribution in [3.63, 3.8) is 0 Å². The lowest BCUT2D eigenvalue weighted by Crippen LogP contribution is -2.47. The number of amides is 1. The molecule has 1 aliphatic heterocycles. The number of hydrogen-bond donors (Lipinski definition) is 2. The van der Waals surface area contributed by atoms with Crippen LogP contribution < -0.4 is 15.4 Å². The third-order valence-electron chi connectivity index (χ3n) is 8.08. The zero-order valence-corrected chi connectivity index (χ0v) is 25.0. The van der Waals surface area contributed by atoms with Crippen LogP contribution in [0.25, 0.3) is 5.57 Å². The smallest absolute Gasteiger partial charge is 0.264 e. The van der Waals surface area contributed by atoms with Crippen LogP contribution in [0.4, 0.5) is 11.4 Å². The number of aryl methyl sites for hydroxylation is 1. The van der Waals surface area contributed by atoms with Gasteiger partial charge in [-0.15, -0.1) is 0 Å². The Morgan fingerprint density at radius 2 is 1.59 bits per heavy atom. The molecule has 0 atom stereocenters. The van der Waals surface area contributed by atoms with Gasteiger partial charge in [-0.3, -0.25) is 9.69 Å². The minimum absolute atomic E-state index is 0.00643. The standard InChI is InChI=1S/C32H37ClN4O3S/c1-23-21-29(15-16-31(23)34)41(39,40)35-32(38)25-9-13-28(14-10-25)37-19-17-36(18-20-37)22-26-5-3-2-4-6-30(26)24-7-11-27(33)12-8-24/h7-16,21H,2-6,17-20,22,34H2,1H3,(H,35,38). The van der Waals surface area contributed by atoms with E-state index in [1.54, 1.807) is 24.6 Å². The SMILES string of the molecule is Cc1cc(S(=O)(=O)NC(=O)c2ccc(N3CCN(CC4=C(c5ccc(Cl)cc5)CCCCC4)CC3)cc2)ccc1N. The lowest BCUT2D eigenvalue weighted by molar-refractivity contribution is 0.0981. The predicted molar refractivity (Wildman–Crippen MR) is 167 cm³/mol. The topological polar surface area (TPSA) is 95.7 Å². The van der Waals surface area contributed by atoms with E-state index in [2.05, 4.69) is 26.7 Å². The quantitative estimate of drug-likeness (QED) is 0.332. The average Bonchev–Trinajstić information content (AvgIpc) is 3.20. The molecule has 1 amide bonds. The van der Waals surface area contributed by atoms with Crippen molar-refractivity contribution in [1.29, 1.82) is 0 Å². The van der Waals surface area contributed by atoms with Gasteiger partial charge in [0.25, 0.3) is 15.9 Å². The number of nitrogens with two attached hydrogens (primary N) is 1. The van der Waals surface area contributed by atoms with Gasteiger partial charge < -0.3 is 10.6 Å². The summed E-state index contributed by atoms with van der Waals surface area (Å²) in [6, 6.07) is 19.8. The molecule has 9 heteroatoms. The minimum Gasteiger partial charge on any atom is -0.399 e. The van der Waals surface area contributed by atoms with Gasteiger partial charge in [0.2, 0.25) is 0 Å². The van der Waals surface area contributed by atoms with Crippen LogP contribution in [0.3, 0.4) is 0 Å². The first-order valence-electron chi connectivity index (χ1n) is 14.2. The van der Waals surface area contributed by atoms with E-state index < -0.39 is 15.9 Å². The second-order valence-corrected chi connectivity index (χ2v) is 13.0. The first kappa shape index (κ1) is 29.2. The fraction of sp³-hybridized carbons (Fsp3) is 0.344. The molecule has 2 aliphatic rings. The molecule has 0 aromatic heterocycles. The number of nitrogens with zero attached hydrogens (tertiary/aromatic N) is 2. The van der Waals surface area contributed by atoms with Gasteiger partial charge in [-0.1, -0.05) is 35.7 Å². The molecular weight excluding hydrogens is 556 g/mol. The number of carbonyl (C=O) groups is 1. The Bertz CT molecular complexity index is 1530. The van der Waals surface area contributed by atoms with Crippen LogP contribution in [0.15, 0.2) is 77.2 Å². The molecular formula is C32H37ClN4O3S. The predicted octanol–water partition coefficient (Wildman–Crippen LogP) is 5.89. The van der Waals surface area contributed by atoms with Crippen LogP contribution >= 0.6 is 11.6 Å². The molecule has 1 heterocycles. The van der Waals surface area contributed by atoms with Gasteiger partial charge in [0.05, 0.1) is 4.90 Å². The number of piperazine rings is 1. The maximum atomic E-state index is 12.7. The lowest BCUT2D eigenvalue weighted by Gasteiger charge is -2.37. The summed E-state index contributed by atoms with van der Waals surface area (Å²) in [5, 5.41) is 0.771. The van der Waals surface area contributed by atoms with Crippen molar-refractivity contribution in [3.8, 4) is 0 Å². The molecule has 5 rings (SSSR count). The highest BCUT2D eigenvalue weighted by molar-refractivity contribution is 7.90. The first-order chi connectivity index (χ1) is 19.7. The highest BCUT2D eigenvalue weighted by atomic mass is 35.5. The third kappa shape index (κ3) is 7.12. The number of halogens is 1. The molecule has 7 nitrogen and oxygen atoms in total. The zero-order valence-electron chi connectivity index (χ0n) is 23.4. The summed E-state index contributed by atoms with van der Waals surface area (Å²) >= 11 is 6.14. The Morgan fingerprint density at radius 1 is 0.902 bits per heavy atom. The van der Waals surface area contributed by atoms with Crippen molar-refractivity contribution in [3.05, 3.63) is 94.0 Å². The summed E-state index contributed by atoms with van der Waals surface area (Å²) in [7, 11) is -4.00. The van der Waals surface area contributed by atoms with Gasteiger partial charge in [-0.2, -0.15) is 0 Å². The number of anilines is 2. The third-order valence-corrected chi connectivity index (χ3v) is 9.67. The van der Waals surface area contributed by atoms with Gasteiger partial charge in [-0.05, 0) is 104 Å². The number of nitrogen functional groups attached to an aromatic ring is 1. The molecule has 0 unspecified atom stereocenters. The number of hydrogen-bond acceptors (Lipinski definition) is 6. The maximum absolute atomic E-state index is 12.7. The Hall–Kier alpha value is -3.33. The molecule has 0 saturated carbocycles. The molecule has 1 saturated heterocycles. The van der Waals surface area contributed by atoms with E-state index in [9.17, 15) is 13.2 Å². The van der Waals surface area contributed by atoms with E-state index in [0.717, 1.165) is 56.3 Å². The van der Waals surface area contributed by atoms with Crippen LogP contribution in [-0.2, 0) is 10.0 Å². The number of carbonyl (C=O) groups excluding carboxylic acids is 1. The van der Waals surface area contributed by atoms with Gasteiger partial charge in [0.15, 0.2) is 0 Å². The summed E-state index contributed by atoms with van der Waals surface area (Å²) in [6.07, 6.45) is 6.02. The Balaban J connectivity index is 1.19. The molecule has 1 aliphatic carbocycles. The van der Waals surface area contributed by atoms with Crippen molar-refractivity contribution in [1.82, 2.24) is 9.62 Å². The fourth-order valence-corrected chi connectivity index (χ4v) is 6.82. The summed E-state index contributed by atoms with van der Waals surface area (Å²) in [6.45, 7) is 6.41. The Morgan fingerprint density at radius 3 is 2.27 bits per heavy atom. The van der Waals surface area contributed by atoms with Gasteiger partial charge in [0.1, 0.15) is 0 Å². The summed E-state index contributed by atoms with van der Waals surface area (Å²) < 4.78 is 27.6. The molecule has 216 valence electrons. The number of rotatable bonds is 7. The van der Waals surface area contributed by atoms with Crippen molar-refractivity contribution < 1.29 is 13.2 Å². The van der Waals surface area contributed by atoms with Crippen LogP contribution in [0.1, 0.15) is 53.6 Å². The highest BCUT2D eigenvalue weighted by Crippen LogP contribution is 2.33. The van der Waals surface area contributed by atoms with Gasteiger partial charge >= 0.3 is 0 Å². The van der Waals surface area contributed by atoms with E-state index in [0.29, 0.717) is 11.3 Å². The van der Waals surface area contributed by atoms with Crippen molar-refractivity contribution in [2.45, 2.75) is 43.9 Å². The van der Waals surface area contributed by atoms with E-state index >= 15 is 0 Å². The number of benzene rings is 3.